The molecule has 26 heavy (non-hydrogen) atoms. The fraction of sp³-hybridized carbons (Fsp3) is 0.474. The Kier molecular flexibility index (Phi) is 5.76. The minimum Gasteiger partial charge on any atom is -0.338 e. The molecule has 0 radical (unpaired) electrons. The predicted molar refractivity (Wildman–Crippen MR) is 106 cm³/mol. The topological polar surface area (TPSA) is 74.8 Å². The molecular formula is C19H25N5OS. The molecule has 0 aliphatic carbocycles. The number of benzene rings is 1. The molecule has 3 aromatic rings. The molecule has 0 bridgehead atoms. The summed E-state index contributed by atoms with van der Waals surface area (Å²) in [5, 5.41) is 10.0. The van der Waals surface area contributed by atoms with Gasteiger partial charge in [-0.3, -0.25) is 4.79 Å². The van der Waals surface area contributed by atoms with Gasteiger partial charge in [0.2, 0.25) is 11.1 Å². The van der Waals surface area contributed by atoms with Crippen molar-refractivity contribution in [3.8, 4) is 0 Å². The molecule has 1 N–H and O–H groups in total. The highest BCUT2D eigenvalue weighted by molar-refractivity contribution is 7.99. The second kappa shape index (κ2) is 8.03. The van der Waals surface area contributed by atoms with E-state index in [4.69, 9.17) is 0 Å². The summed E-state index contributed by atoms with van der Waals surface area (Å²) in [6, 6.07) is 8.39. The molecular weight excluding hydrogens is 346 g/mol. The second-order valence-corrected chi connectivity index (χ2v) is 7.51. The van der Waals surface area contributed by atoms with Gasteiger partial charge in [-0.05, 0) is 32.8 Å². The summed E-state index contributed by atoms with van der Waals surface area (Å²) < 4.78 is 0. The molecule has 0 unspecified atom stereocenters. The summed E-state index contributed by atoms with van der Waals surface area (Å²) in [4.78, 5) is 22.5. The number of carbonyl (C=O) groups is 1. The van der Waals surface area contributed by atoms with Gasteiger partial charge in [-0.1, -0.05) is 43.8 Å². The second-order valence-electron chi connectivity index (χ2n) is 6.57. The molecule has 2 heterocycles. The summed E-state index contributed by atoms with van der Waals surface area (Å²) in [6.07, 6.45) is 1.89. The summed E-state index contributed by atoms with van der Waals surface area (Å²) in [5.74, 6) is 0.446. The van der Waals surface area contributed by atoms with Crippen molar-refractivity contribution in [2.24, 2.45) is 0 Å². The average molecular weight is 372 g/mol. The Bertz CT molecular complexity index is 899. The average Bonchev–Trinajstić information content (AvgIpc) is 3.03. The van der Waals surface area contributed by atoms with E-state index in [2.05, 4.69) is 47.9 Å². The van der Waals surface area contributed by atoms with E-state index in [1.165, 1.54) is 11.8 Å². The molecule has 2 atom stereocenters. The van der Waals surface area contributed by atoms with Crippen LogP contribution in [0.15, 0.2) is 29.4 Å². The lowest BCUT2D eigenvalue weighted by Crippen LogP contribution is -2.45. The van der Waals surface area contributed by atoms with Crippen molar-refractivity contribution in [1.29, 1.82) is 0 Å². The van der Waals surface area contributed by atoms with Gasteiger partial charge in [0.15, 0.2) is 5.65 Å². The van der Waals surface area contributed by atoms with E-state index >= 15 is 0 Å². The van der Waals surface area contributed by atoms with Crippen LogP contribution in [0.4, 0.5) is 0 Å². The molecule has 0 saturated heterocycles. The van der Waals surface area contributed by atoms with Gasteiger partial charge in [0.25, 0.3) is 0 Å². The van der Waals surface area contributed by atoms with E-state index in [9.17, 15) is 4.79 Å². The minimum atomic E-state index is 0.124. The first-order chi connectivity index (χ1) is 12.5. The lowest BCUT2D eigenvalue weighted by Gasteiger charge is -2.33. The van der Waals surface area contributed by atoms with E-state index in [1.807, 2.05) is 29.2 Å². The van der Waals surface area contributed by atoms with Crippen molar-refractivity contribution in [3.63, 3.8) is 0 Å². The van der Waals surface area contributed by atoms with Gasteiger partial charge in [0.1, 0.15) is 5.52 Å². The lowest BCUT2D eigenvalue weighted by atomic mass is 10.1. The zero-order valence-corrected chi connectivity index (χ0v) is 16.5. The molecule has 138 valence electrons. The zero-order valence-electron chi connectivity index (χ0n) is 15.7. The van der Waals surface area contributed by atoms with Crippen LogP contribution in [-0.4, -0.2) is 48.8 Å². The number of hydrogen-bond acceptors (Lipinski definition) is 5. The van der Waals surface area contributed by atoms with E-state index in [-0.39, 0.29) is 18.0 Å². The quantitative estimate of drug-likeness (QED) is 0.635. The molecule has 1 aromatic carbocycles. The van der Waals surface area contributed by atoms with Crippen molar-refractivity contribution in [3.05, 3.63) is 24.3 Å². The number of hydrogen-bond donors (Lipinski definition) is 1. The number of H-pyrrole nitrogens is 1. The molecule has 0 fully saturated rings. The maximum absolute atomic E-state index is 12.7. The number of carbonyl (C=O) groups excluding carboxylic acids is 1. The summed E-state index contributed by atoms with van der Waals surface area (Å²) >= 11 is 1.34. The highest BCUT2D eigenvalue weighted by Crippen LogP contribution is 2.24. The van der Waals surface area contributed by atoms with Crippen LogP contribution in [0.1, 0.15) is 40.5 Å². The number of rotatable bonds is 7. The first-order valence-corrected chi connectivity index (χ1v) is 10.1. The Hall–Kier alpha value is -2.15. The van der Waals surface area contributed by atoms with Gasteiger partial charge in [0.05, 0.1) is 5.75 Å². The number of fused-ring (bicyclic) bond motifs is 3. The van der Waals surface area contributed by atoms with Gasteiger partial charge < -0.3 is 9.88 Å². The number of para-hydroxylation sites is 1. The van der Waals surface area contributed by atoms with Crippen molar-refractivity contribution >= 4 is 39.7 Å². The maximum atomic E-state index is 12.7. The van der Waals surface area contributed by atoms with Crippen molar-refractivity contribution in [2.45, 2.75) is 57.8 Å². The normalized spacial score (nSPS) is 13.8. The fourth-order valence-electron chi connectivity index (χ4n) is 3.09. The van der Waals surface area contributed by atoms with Crippen LogP contribution >= 0.6 is 11.8 Å². The first kappa shape index (κ1) is 18.6. The van der Waals surface area contributed by atoms with Crippen LogP contribution in [0.25, 0.3) is 22.1 Å². The maximum Gasteiger partial charge on any atom is 0.233 e. The Labute approximate surface area is 157 Å². The van der Waals surface area contributed by atoms with Crippen molar-refractivity contribution in [2.75, 3.05) is 5.75 Å². The molecule has 3 rings (SSSR count). The number of nitrogens with one attached hydrogen (secondary N) is 1. The molecule has 0 spiro atoms. The number of thioether (sulfide) groups is 1. The monoisotopic (exact) mass is 371 g/mol. The van der Waals surface area contributed by atoms with Crippen LogP contribution in [0.5, 0.6) is 0 Å². The van der Waals surface area contributed by atoms with E-state index in [0.29, 0.717) is 16.6 Å². The largest absolute Gasteiger partial charge is 0.338 e. The lowest BCUT2D eigenvalue weighted by molar-refractivity contribution is -0.132. The first-order valence-electron chi connectivity index (χ1n) is 9.10. The summed E-state index contributed by atoms with van der Waals surface area (Å²) in [5.41, 5.74) is 2.45. The SMILES string of the molecule is CC[C@@H](C)N(C(=O)CSc1nnc2c(n1)[nH]c1ccccc12)[C@@H](C)CC. The highest BCUT2D eigenvalue weighted by atomic mass is 32.2. The van der Waals surface area contributed by atoms with Crippen LogP contribution in [0.2, 0.25) is 0 Å². The summed E-state index contributed by atoms with van der Waals surface area (Å²) in [6.45, 7) is 8.42. The molecule has 0 aliphatic rings. The predicted octanol–water partition coefficient (Wildman–Crippen LogP) is 4.02. The molecule has 7 heteroatoms. The molecule has 1 amide bonds. The van der Waals surface area contributed by atoms with Crippen molar-refractivity contribution < 1.29 is 4.79 Å². The van der Waals surface area contributed by atoms with Gasteiger partial charge in [-0.2, -0.15) is 0 Å². The van der Waals surface area contributed by atoms with E-state index in [1.54, 1.807) is 0 Å². The Morgan fingerprint density at radius 2 is 1.85 bits per heavy atom. The van der Waals surface area contributed by atoms with Crippen LogP contribution in [0, 0.1) is 0 Å². The van der Waals surface area contributed by atoms with E-state index in [0.717, 1.165) is 29.3 Å². The Morgan fingerprint density at radius 3 is 2.54 bits per heavy atom. The number of amides is 1. The number of aromatic nitrogens is 4. The van der Waals surface area contributed by atoms with Gasteiger partial charge in [0, 0.05) is 23.0 Å². The van der Waals surface area contributed by atoms with Gasteiger partial charge in [-0.15, -0.1) is 10.2 Å². The number of aromatic amines is 1. The Morgan fingerprint density at radius 1 is 1.15 bits per heavy atom. The summed E-state index contributed by atoms with van der Waals surface area (Å²) in [7, 11) is 0. The molecule has 6 nitrogen and oxygen atoms in total. The van der Waals surface area contributed by atoms with Crippen molar-refractivity contribution in [1.82, 2.24) is 25.1 Å². The minimum absolute atomic E-state index is 0.124. The van der Waals surface area contributed by atoms with Crippen LogP contribution in [-0.2, 0) is 4.79 Å². The fourth-order valence-corrected chi connectivity index (χ4v) is 3.74. The van der Waals surface area contributed by atoms with E-state index < -0.39 is 0 Å². The molecule has 0 aliphatic heterocycles. The standard InChI is InChI=1S/C19H25N5OS/c1-5-12(3)24(13(4)6-2)16(25)11-26-19-21-18-17(22-23-19)14-9-7-8-10-15(14)20-18/h7-10,12-13H,5-6,11H2,1-4H3,(H,20,21,23)/t12-,13+. The molecule has 0 saturated carbocycles. The third kappa shape index (κ3) is 3.67. The smallest absolute Gasteiger partial charge is 0.233 e. The zero-order chi connectivity index (χ0) is 18.7. The third-order valence-electron chi connectivity index (χ3n) is 4.85. The molecule has 2 aromatic heterocycles. The highest BCUT2D eigenvalue weighted by Gasteiger charge is 2.23. The van der Waals surface area contributed by atoms with Gasteiger partial charge >= 0.3 is 0 Å². The van der Waals surface area contributed by atoms with Crippen LogP contribution < -0.4 is 0 Å². The third-order valence-corrected chi connectivity index (χ3v) is 5.67. The Balaban J connectivity index is 1.76. The van der Waals surface area contributed by atoms with Gasteiger partial charge in [-0.25, -0.2) is 4.98 Å². The number of nitrogens with zero attached hydrogens (tertiary/aromatic N) is 4. The van der Waals surface area contributed by atoms with Crippen LogP contribution in [0.3, 0.4) is 0 Å².